The van der Waals surface area contributed by atoms with Gasteiger partial charge in [0, 0.05) is 12.4 Å². The second-order valence-electron chi connectivity index (χ2n) is 6.67. The third kappa shape index (κ3) is 3.27. The highest BCUT2D eigenvalue weighted by atomic mass is 16.6. The van der Waals surface area contributed by atoms with Gasteiger partial charge in [0.2, 0.25) is 0 Å². The van der Waals surface area contributed by atoms with E-state index in [1.807, 2.05) is 63.4 Å². The lowest BCUT2D eigenvalue weighted by Gasteiger charge is -2.27. The van der Waals surface area contributed by atoms with Crippen LogP contribution in [-0.4, -0.2) is 27.3 Å². The maximum atomic E-state index is 12.0. The van der Waals surface area contributed by atoms with Crippen LogP contribution in [0.15, 0.2) is 24.4 Å². The fourth-order valence-electron chi connectivity index (χ4n) is 2.22. The van der Waals surface area contributed by atoms with Gasteiger partial charge < -0.3 is 19.9 Å². The summed E-state index contributed by atoms with van der Waals surface area (Å²) >= 11 is 0. The van der Waals surface area contributed by atoms with Crippen LogP contribution < -0.4 is 5.32 Å². The average Bonchev–Trinajstić information content (AvgIpc) is 2.75. The minimum Gasteiger partial charge on any atom is -0.444 e. The van der Waals surface area contributed by atoms with Crippen molar-refractivity contribution in [2.45, 2.75) is 45.8 Å². The molecule has 2 rings (SSSR count). The van der Waals surface area contributed by atoms with Crippen LogP contribution in [0.3, 0.4) is 0 Å². The third-order valence-electron chi connectivity index (χ3n) is 3.09. The van der Waals surface area contributed by atoms with Crippen molar-refractivity contribution in [2.75, 3.05) is 0 Å². The molecule has 0 aromatic carbocycles. The highest BCUT2D eigenvalue weighted by Crippen LogP contribution is 2.23. The molecule has 2 aromatic heterocycles. The van der Waals surface area contributed by atoms with E-state index in [1.165, 1.54) is 6.21 Å². The van der Waals surface area contributed by atoms with Gasteiger partial charge in [-0.25, -0.2) is 9.78 Å². The van der Waals surface area contributed by atoms with Crippen molar-refractivity contribution < 1.29 is 9.53 Å². The number of amides is 1. The predicted molar refractivity (Wildman–Crippen MR) is 85.5 cm³/mol. The Bertz CT molecular complexity index is 710. The number of ether oxygens (including phenoxy) is 1. The van der Waals surface area contributed by atoms with Crippen LogP contribution in [-0.2, 0) is 10.3 Å². The van der Waals surface area contributed by atoms with Crippen LogP contribution in [0.1, 0.15) is 46.1 Å². The highest BCUT2D eigenvalue weighted by Gasteiger charge is 2.30. The zero-order valence-corrected chi connectivity index (χ0v) is 13.6. The molecule has 0 bridgehead atoms. The number of fused-ring (bicyclic) bond motifs is 1. The molecule has 2 N–H and O–H groups in total. The fourth-order valence-corrected chi connectivity index (χ4v) is 2.22. The van der Waals surface area contributed by atoms with Gasteiger partial charge >= 0.3 is 6.09 Å². The largest absolute Gasteiger partial charge is 0.444 e. The first-order valence-corrected chi connectivity index (χ1v) is 7.13. The molecule has 0 radical (unpaired) electrons. The number of carbonyl (C=O) groups excluding carboxylic acids is 1. The summed E-state index contributed by atoms with van der Waals surface area (Å²) in [4.78, 5) is 16.5. The molecule has 0 atom stereocenters. The van der Waals surface area contributed by atoms with E-state index >= 15 is 0 Å². The normalized spacial score (nSPS) is 12.2. The lowest BCUT2D eigenvalue weighted by Crippen LogP contribution is -2.44. The Balaban J connectivity index is 2.37. The summed E-state index contributed by atoms with van der Waals surface area (Å²) in [7, 11) is 0. The van der Waals surface area contributed by atoms with Gasteiger partial charge in [-0.15, -0.1) is 0 Å². The van der Waals surface area contributed by atoms with Crippen LogP contribution in [0.4, 0.5) is 4.79 Å². The predicted octanol–water partition coefficient (Wildman–Crippen LogP) is 3.09. The van der Waals surface area contributed by atoms with Crippen molar-refractivity contribution in [3.63, 3.8) is 0 Å². The molecule has 0 aliphatic carbocycles. The van der Waals surface area contributed by atoms with Crippen LogP contribution in [0.2, 0.25) is 0 Å². The summed E-state index contributed by atoms with van der Waals surface area (Å²) in [5, 5.41) is 10.3. The SMILES string of the molecule is CC(C)(C)OC(=O)NC(C)(C)c1nc(C=N)c2ccccn12. The number of nitrogens with zero attached hydrogens (tertiary/aromatic N) is 2. The Labute approximate surface area is 130 Å². The number of alkyl carbamates (subject to hydrolysis) is 1. The Kier molecular flexibility index (Phi) is 3.96. The summed E-state index contributed by atoms with van der Waals surface area (Å²) < 4.78 is 7.18. The fraction of sp³-hybridized carbons (Fsp3) is 0.438. The molecule has 22 heavy (non-hydrogen) atoms. The molecule has 0 aliphatic rings. The van der Waals surface area contributed by atoms with Gasteiger partial charge in [0.25, 0.3) is 0 Å². The second-order valence-corrected chi connectivity index (χ2v) is 6.67. The van der Waals surface area contributed by atoms with Crippen LogP contribution in [0.25, 0.3) is 5.52 Å². The van der Waals surface area contributed by atoms with E-state index in [0.717, 1.165) is 5.52 Å². The number of carbonyl (C=O) groups is 1. The minimum atomic E-state index is -0.742. The molecule has 0 unspecified atom stereocenters. The van der Waals surface area contributed by atoms with Crippen LogP contribution >= 0.6 is 0 Å². The van der Waals surface area contributed by atoms with Gasteiger partial charge in [-0.3, -0.25) is 0 Å². The smallest absolute Gasteiger partial charge is 0.408 e. The summed E-state index contributed by atoms with van der Waals surface area (Å²) in [5.74, 6) is 0.646. The molecule has 6 heteroatoms. The standard InChI is InChI=1S/C16H22N4O2/c1-15(2,3)22-14(21)19-16(4,5)13-18-11(10-17)12-8-6-7-9-20(12)13/h6-10,17H,1-5H3,(H,19,21). The molecule has 0 saturated heterocycles. The molecule has 1 amide bonds. The summed E-state index contributed by atoms with van der Waals surface area (Å²) in [6.07, 6.45) is 2.58. The zero-order valence-electron chi connectivity index (χ0n) is 13.6. The number of hydrogen-bond donors (Lipinski definition) is 2. The maximum absolute atomic E-state index is 12.0. The lowest BCUT2D eigenvalue weighted by atomic mass is 10.1. The Morgan fingerprint density at radius 2 is 2.00 bits per heavy atom. The van der Waals surface area contributed by atoms with Crippen molar-refractivity contribution in [1.29, 1.82) is 5.41 Å². The van der Waals surface area contributed by atoms with Crippen LogP contribution in [0, 0.1) is 5.41 Å². The topological polar surface area (TPSA) is 79.5 Å². The highest BCUT2D eigenvalue weighted by molar-refractivity contribution is 5.85. The van der Waals surface area contributed by atoms with Gasteiger partial charge in [0.05, 0.1) is 11.1 Å². The molecule has 0 spiro atoms. The minimum absolute atomic E-state index is 0.499. The van der Waals surface area contributed by atoms with Gasteiger partial charge in [0.15, 0.2) is 0 Å². The summed E-state index contributed by atoms with van der Waals surface area (Å²) in [6, 6.07) is 5.66. The zero-order chi connectivity index (χ0) is 16.5. The van der Waals surface area contributed by atoms with E-state index in [2.05, 4.69) is 10.3 Å². The molecule has 0 fully saturated rings. The molecule has 2 heterocycles. The van der Waals surface area contributed by atoms with E-state index < -0.39 is 17.2 Å². The number of imidazole rings is 1. The van der Waals surface area contributed by atoms with E-state index in [-0.39, 0.29) is 0 Å². The van der Waals surface area contributed by atoms with E-state index in [4.69, 9.17) is 10.1 Å². The molecule has 2 aromatic rings. The molecular weight excluding hydrogens is 280 g/mol. The molecule has 6 nitrogen and oxygen atoms in total. The molecule has 118 valence electrons. The third-order valence-corrected chi connectivity index (χ3v) is 3.09. The quantitative estimate of drug-likeness (QED) is 0.855. The maximum Gasteiger partial charge on any atom is 0.408 e. The van der Waals surface area contributed by atoms with Gasteiger partial charge in [0.1, 0.15) is 17.1 Å². The number of hydrogen-bond acceptors (Lipinski definition) is 4. The average molecular weight is 302 g/mol. The number of nitrogens with one attached hydrogen (secondary N) is 2. The lowest BCUT2D eigenvalue weighted by molar-refractivity contribution is 0.0466. The summed E-state index contributed by atoms with van der Waals surface area (Å²) in [6.45, 7) is 9.16. The van der Waals surface area contributed by atoms with Gasteiger partial charge in [-0.2, -0.15) is 0 Å². The first-order valence-electron chi connectivity index (χ1n) is 7.13. The monoisotopic (exact) mass is 302 g/mol. The second kappa shape index (κ2) is 5.44. The van der Waals surface area contributed by atoms with E-state index in [9.17, 15) is 4.79 Å². The Morgan fingerprint density at radius 1 is 1.32 bits per heavy atom. The van der Waals surface area contributed by atoms with Crippen molar-refractivity contribution in [2.24, 2.45) is 0 Å². The van der Waals surface area contributed by atoms with Crippen molar-refractivity contribution in [1.82, 2.24) is 14.7 Å². The van der Waals surface area contributed by atoms with Crippen LogP contribution in [0.5, 0.6) is 0 Å². The Hall–Kier alpha value is -2.37. The van der Waals surface area contributed by atoms with Gasteiger partial charge in [-0.1, -0.05) is 6.07 Å². The molecule has 0 aliphatic heterocycles. The van der Waals surface area contributed by atoms with Crippen molar-refractivity contribution in [3.8, 4) is 0 Å². The summed E-state index contributed by atoms with van der Waals surface area (Å²) in [5.41, 5.74) is 0.0873. The van der Waals surface area contributed by atoms with E-state index in [1.54, 1.807) is 0 Å². The number of pyridine rings is 1. The van der Waals surface area contributed by atoms with E-state index in [0.29, 0.717) is 11.5 Å². The molecule has 0 saturated carbocycles. The molecular formula is C16H22N4O2. The Morgan fingerprint density at radius 3 is 2.59 bits per heavy atom. The first kappa shape index (κ1) is 16.0. The van der Waals surface area contributed by atoms with Crippen molar-refractivity contribution >= 4 is 17.8 Å². The number of aromatic nitrogens is 2. The number of rotatable bonds is 3. The first-order chi connectivity index (χ1) is 10.1. The van der Waals surface area contributed by atoms with Crippen molar-refractivity contribution in [3.05, 3.63) is 35.9 Å². The van der Waals surface area contributed by atoms with Gasteiger partial charge in [-0.05, 0) is 46.8 Å².